The number of hydrogen-bond acceptors (Lipinski definition) is 1. The molecule has 0 aliphatic rings. The van der Waals surface area contributed by atoms with Gasteiger partial charge in [-0.15, -0.1) is 0 Å². The molecule has 3 aromatic carbocycles. The molecule has 0 aliphatic heterocycles. The van der Waals surface area contributed by atoms with Crippen LogP contribution in [0.5, 0.6) is 0 Å². The van der Waals surface area contributed by atoms with Gasteiger partial charge in [-0.2, -0.15) is 0 Å². The van der Waals surface area contributed by atoms with Crippen LogP contribution in [0.4, 0.5) is 5.69 Å². The van der Waals surface area contributed by atoms with Crippen molar-refractivity contribution in [3.05, 3.63) is 72.3 Å². The smallest absolute Gasteiger partial charge is 0.0562 e. The number of para-hydroxylation sites is 2. The van der Waals surface area contributed by atoms with Gasteiger partial charge in [0.2, 0.25) is 0 Å². The molecule has 26 heavy (non-hydrogen) atoms. The van der Waals surface area contributed by atoms with Crippen LogP contribution >= 0.6 is 0 Å². The molecule has 2 nitrogen and oxygen atoms in total. The lowest BCUT2D eigenvalue weighted by molar-refractivity contribution is 0.590. The average Bonchev–Trinajstić information content (AvgIpc) is 2.95. The van der Waals surface area contributed by atoms with E-state index in [0.29, 0.717) is 0 Å². The molecule has 0 bridgehead atoms. The largest absolute Gasteiger partial charge is 0.377 e. The van der Waals surface area contributed by atoms with Gasteiger partial charge >= 0.3 is 0 Å². The van der Waals surface area contributed by atoms with Gasteiger partial charge in [-0.05, 0) is 35.2 Å². The minimum Gasteiger partial charge on any atom is -0.377 e. The maximum absolute atomic E-state index is 2.38. The number of rotatable bonds is 2. The summed E-state index contributed by atoms with van der Waals surface area (Å²) in [6, 6.07) is 24.0. The fourth-order valence-electron chi connectivity index (χ4n) is 3.97. The van der Waals surface area contributed by atoms with E-state index in [-0.39, 0.29) is 5.41 Å². The standard InChI is InChI=1S/C24H26N2/c1-24(2,3)19-15-16-21-22(23(19)25(4)5)18-13-9-10-14-20(18)26(21)17-11-7-6-8-12-17/h6-16H,1-5H3. The highest BCUT2D eigenvalue weighted by Gasteiger charge is 2.24. The van der Waals surface area contributed by atoms with E-state index in [1.165, 1.54) is 38.7 Å². The monoisotopic (exact) mass is 342 g/mol. The highest BCUT2D eigenvalue weighted by molar-refractivity contribution is 6.15. The molecule has 132 valence electrons. The van der Waals surface area contributed by atoms with Crippen LogP contribution in [-0.4, -0.2) is 18.7 Å². The number of aromatic nitrogens is 1. The Labute approximate surface area is 155 Å². The summed E-state index contributed by atoms with van der Waals surface area (Å²) in [7, 11) is 4.30. The molecular formula is C24H26N2. The van der Waals surface area contributed by atoms with Crippen LogP contribution in [0.25, 0.3) is 27.5 Å². The second-order valence-corrected chi connectivity index (χ2v) is 8.19. The Hall–Kier alpha value is -2.74. The molecule has 0 spiro atoms. The lowest BCUT2D eigenvalue weighted by atomic mass is 9.84. The van der Waals surface area contributed by atoms with Crippen molar-refractivity contribution < 1.29 is 0 Å². The predicted octanol–water partition coefficient (Wildman–Crippen LogP) is 6.15. The van der Waals surface area contributed by atoms with E-state index < -0.39 is 0 Å². The zero-order chi connectivity index (χ0) is 18.5. The molecule has 0 N–H and O–H groups in total. The first kappa shape index (κ1) is 16.7. The van der Waals surface area contributed by atoms with Crippen LogP contribution in [-0.2, 0) is 5.41 Å². The second-order valence-electron chi connectivity index (χ2n) is 8.19. The molecule has 0 unspecified atom stereocenters. The summed E-state index contributed by atoms with van der Waals surface area (Å²) in [5, 5.41) is 2.64. The van der Waals surface area contributed by atoms with Crippen molar-refractivity contribution in [2.75, 3.05) is 19.0 Å². The summed E-state index contributed by atoms with van der Waals surface area (Å²) in [6.45, 7) is 6.87. The van der Waals surface area contributed by atoms with Crippen LogP contribution < -0.4 is 4.90 Å². The highest BCUT2D eigenvalue weighted by Crippen LogP contribution is 2.42. The summed E-state index contributed by atoms with van der Waals surface area (Å²) >= 11 is 0. The number of benzene rings is 3. The third-order valence-electron chi connectivity index (χ3n) is 5.08. The second kappa shape index (κ2) is 5.91. The first-order chi connectivity index (χ1) is 12.4. The molecule has 4 aromatic rings. The van der Waals surface area contributed by atoms with Gasteiger partial charge in [0, 0.05) is 30.6 Å². The van der Waals surface area contributed by atoms with E-state index in [2.05, 4.69) is 111 Å². The summed E-state index contributed by atoms with van der Waals surface area (Å²) in [6.07, 6.45) is 0. The van der Waals surface area contributed by atoms with Gasteiger partial charge < -0.3 is 9.47 Å². The number of hydrogen-bond donors (Lipinski definition) is 0. The Morgan fingerprint density at radius 3 is 2.04 bits per heavy atom. The van der Waals surface area contributed by atoms with Crippen molar-refractivity contribution in [2.45, 2.75) is 26.2 Å². The van der Waals surface area contributed by atoms with Gasteiger partial charge in [-0.3, -0.25) is 0 Å². The van der Waals surface area contributed by atoms with E-state index in [9.17, 15) is 0 Å². The minimum absolute atomic E-state index is 0.0870. The third kappa shape index (κ3) is 2.48. The van der Waals surface area contributed by atoms with Crippen LogP contribution in [0.3, 0.4) is 0 Å². The van der Waals surface area contributed by atoms with Crippen LogP contribution in [0, 0.1) is 0 Å². The lowest BCUT2D eigenvalue weighted by Crippen LogP contribution is -2.19. The number of nitrogens with zero attached hydrogens (tertiary/aromatic N) is 2. The van der Waals surface area contributed by atoms with Crippen molar-refractivity contribution in [1.82, 2.24) is 4.57 Å². The van der Waals surface area contributed by atoms with E-state index in [1.807, 2.05) is 0 Å². The maximum Gasteiger partial charge on any atom is 0.0562 e. The normalized spacial score (nSPS) is 12.0. The van der Waals surface area contributed by atoms with Gasteiger partial charge in [0.05, 0.1) is 16.7 Å². The van der Waals surface area contributed by atoms with E-state index in [0.717, 1.165) is 0 Å². The lowest BCUT2D eigenvalue weighted by Gasteiger charge is -2.27. The molecule has 0 radical (unpaired) electrons. The van der Waals surface area contributed by atoms with Crippen LogP contribution in [0.2, 0.25) is 0 Å². The van der Waals surface area contributed by atoms with Gasteiger partial charge in [-0.1, -0.05) is 63.2 Å². The van der Waals surface area contributed by atoms with Crippen molar-refractivity contribution >= 4 is 27.5 Å². The predicted molar refractivity (Wildman–Crippen MR) is 114 cm³/mol. The van der Waals surface area contributed by atoms with Gasteiger partial charge in [0.1, 0.15) is 0 Å². The van der Waals surface area contributed by atoms with E-state index >= 15 is 0 Å². The molecule has 4 rings (SSSR count). The molecule has 0 fully saturated rings. The molecule has 0 amide bonds. The molecule has 0 aliphatic carbocycles. The Morgan fingerprint density at radius 2 is 1.38 bits per heavy atom. The molecule has 0 atom stereocenters. The average molecular weight is 342 g/mol. The molecule has 1 aromatic heterocycles. The topological polar surface area (TPSA) is 8.17 Å². The maximum atomic E-state index is 2.38. The summed E-state index contributed by atoms with van der Waals surface area (Å²) < 4.78 is 2.38. The zero-order valence-corrected chi connectivity index (χ0v) is 16.2. The van der Waals surface area contributed by atoms with Crippen molar-refractivity contribution in [2.24, 2.45) is 0 Å². The fraction of sp³-hybridized carbons (Fsp3) is 0.250. The van der Waals surface area contributed by atoms with E-state index in [4.69, 9.17) is 0 Å². The van der Waals surface area contributed by atoms with Crippen LogP contribution in [0.15, 0.2) is 66.7 Å². The Balaban J connectivity index is 2.23. The summed E-state index contributed by atoms with van der Waals surface area (Å²) in [4.78, 5) is 2.27. The van der Waals surface area contributed by atoms with Crippen molar-refractivity contribution in [3.63, 3.8) is 0 Å². The molecule has 2 heteroatoms. The number of fused-ring (bicyclic) bond motifs is 3. The Bertz CT molecular complexity index is 1080. The minimum atomic E-state index is 0.0870. The summed E-state index contributed by atoms with van der Waals surface area (Å²) in [5.41, 5.74) is 6.50. The zero-order valence-electron chi connectivity index (χ0n) is 16.2. The van der Waals surface area contributed by atoms with E-state index in [1.54, 1.807) is 0 Å². The number of anilines is 1. The van der Waals surface area contributed by atoms with Crippen LogP contribution in [0.1, 0.15) is 26.3 Å². The summed E-state index contributed by atoms with van der Waals surface area (Å²) in [5.74, 6) is 0. The fourth-order valence-corrected chi connectivity index (χ4v) is 3.97. The van der Waals surface area contributed by atoms with Gasteiger partial charge in [0.25, 0.3) is 0 Å². The Kier molecular flexibility index (Phi) is 3.80. The third-order valence-corrected chi connectivity index (χ3v) is 5.08. The molecule has 0 saturated heterocycles. The first-order valence-electron chi connectivity index (χ1n) is 9.19. The molecule has 0 saturated carbocycles. The molecular weight excluding hydrogens is 316 g/mol. The van der Waals surface area contributed by atoms with Gasteiger partial charge in [0.15, 0.2) is 0 Å². The van der Waals surface area contributed by atoms with Crippen molar-refractivity contribution in [3.8, 4) is 5.69 Å². The van der Waals surface area contributed by atoms with Gasteiger partial charge in [-0.25, -0.2) is 0 Å². The quantitative estimate of drug-likeness (QED) is 0.424. The van der Waals surface area contributed by atoms with Crippen molar-refractivity contribution in [1.29, 1.82) is 0 Å². The first-order valence-corrected chi connectivity index (χ1v) is 9.19. The highest BCUT2D eigenvalue weighted by atomic mass is 15.1. The Morgan fingerprint density at radius 1 is 0.731 bits per heavy atom. The SMILES string of the molecule is CN(C)c1c(C(C)(C)C)ccc2c1c1ccccc1n2-c1ccccc1. The molecule has 1 heterocycles.